The van der Waals surface area contributed by atoms with E-state index < -0.39 is 6.10 Å². The fourth-order valence-electron chi connectivity index (χ4n) is 3.85. The van der Waals surface area contributed by atoms with Gasteiger partial charge in [-0.1, -0.05) is 31.2 Å². The van der Waals surface area contributed by atoms with Gasteiger partial charge in [0, 0.05) is 19.5 Å². The lowest BCUT2D eigenvalue weighted by atomic mass is 9.81. The Labute approximate surface area is 180 Å². The summed E-state index contributed by atoms with van der Waals surface area (Å²) in [7, 11) is 0. The maximum atomic E-state index is 12.5. The minimum Gasteiger partial charge on any atom is -0.442 e. The molecule has 5 atom stereocenters. The second kappa shape index (κ2) is 12.1. The fraction of sp³-hybridized carbons (Fsp3) is 0.667. The van der Waals surface area contributed by atoms with E-state index in [0.29, 0.717) is 38.6 Å². The van der Waals surface area contributed by atoms with Crippen LogP contribution in [0.25, 0.3) is 0 Å². The molecule has 0 aromatic heterocycles. The number of ether oxygens (including phenoxy) is 3. The molecule has 0 bridgehead atoms. The van der Waals surface area contributed by atoms with Crippen LogP contribution in [-0.4, -0.2) is 61.4 Å². The maximum Gasteiger partial charge on any atom is 0.410 e. The molecule has 0 N–H and O–H groups in total. The summed E-state index contributed by atoms with van der Waals surface area (Å²) in [6, 6.07) is 0. The van der Waals surface area contributed by atoms with E-state index in [9.17, 15) is 9.59 Å². The molecule has 2 aliphatic heterocycles. The van der Waals surface area contributed by atoms with Crippen LogP contribution in [0.15, 0.2) is 36.5 Å². The summed E-state index contributed by atoms with van der Waals surface area (Å²) in [5, 5.41) is 0. The van der Waals surface area contributed by atoms with Crippen LogP contribution in [0, 0.1) is 11.8 Å². The Morgan fingerprint density at radius 3 is 2.63 bits per heavy atom. The largest absolute Gasteiger partial charge is 0.442 e. The lowest BCUT2D eigenvalue weighted by Crippen LogP contribution is -2.41. The zero-order valence-corrected chi connectivity index (χ0v) is 18.8. The molecule has 2 heterocycles. The highest BCUT2D eigenvalue weighted by Crippen LogP contribution is 2.33. The summed E-state index contributed by atoms with van der Waals surface area (Å²) >= 11 is 0. The van der Waals surface area contributed by atoms with Crippen molar-refractivity contribution in [3.8, 4) is 0 Å². The molecule has 0 aromatic carbocycles. The predicted molar refractivity (Wildman–Crippen MR) is 117 cm³/mol. The van der Waals surface area contributed by atoms with Gasteiger partial charge in [0.05, 0.1) is 25.4 Å². The minimum absolute atomic E-state index is 0.0394. The molecule has 2 rings (SSSR count). The number of hydrogen-bond acceptors (Lipinski definition) is 5. The van der Waals surface area contributed by atoms with Gasteiger partial charge < -0.3 is 19.1 Å². The summed E-state index contributed by atoms with van der Waals surface area (Å²) < 4.78 is 16.8. The Bertz CT molecular complexity index is 650. The van der Waals surface area contributed by atoms with Gasteiger partial charge in [0.15, 0.2) is 5.78 Å². The molecular weight excluding hydrogens is 382 g/mol. The van der Waals surface area contributed by atoms with Crippen molar-refractivity contribution in [2.45, 2.75) is 65.3 Å². The first-order valence-electron chi connectivity index (χ1n) is 11.0. The van der Waals surface area contributed by atoms with Gasteiger partial charge in [0.25, 0.3) is 0 Å². The van der Waals surface area contributed by atoms with Gasteiger partial charge in [-0.05, 0) is 57.6 Å². The Kier molecular flexibility index (Phi) is 9.79. The van der Waals surface area contributed by atoms with Crippen LogP contribution < -0.4 is 0 Å². The van der Waals surface area contributed by atoms with E-state index >= 15 is 0 Å². The topological polar surface area (TPSA) is 65.1 Å². The first-order chi connectivity index (χ1) is 14.3. The number of hydrogen-bond donors (Lipinski definition) is 0. The average Bonchev–Trinajstić information content (AvgIpc) is 2.74. The maximum absolute atomic E-state index is 12.5. The Balaban J connectivity index is 1.78. The molecule has 0 radical (unpaired) electrons. The minimum atomic E-state index is -0.451. The monoisotopic (exact) mass is 419 g/mol. The van der Waals surface area contributed by atoms with E-state index in [-0.39, 0.29) is 30.0 Å². The molecule has 0 spiro atoms. The standard InChI is InChI=1S/C24H37NO5/c1-6-17(2)7-10-23-18(3)15-21(20(5)30-23)16-22(26)9-8-19(4)29-24(27)25-11-13-28-14-12-25/h6-9,18-21,23H,1,10-16H2,2-5H3/b9-8-,17-7+/t18-,19-,20+,21-,23-/m0/s1. The number of nitrogens with zero attached hydrogens (tertiary/aromatic N) is 1. The summed E-state index contributed by atoms with van der Waals surface area (Å²) in [4.78, 5) is 26.2. The van der Waals surface area contributed by atoms with Gasteiger partial charge in [-0.3, -0.25) is 4.79 Å². The van der Waals surface area contributed by atoms with E-state index in [1.54, 1.807) is 17.9 Å². The van der Waals surface area contributed by atoms with Crippen molar-refractivity contribution in [3.63, 3.8) is 0 Å². The molecule has 2 aliphatic rings. The molecule has 6 heteroatoms. The van der Waals surface area contributed by atoms with Crippen LogP contribution in [0.5, 0.6) is 0 Å². The smallest absolute Gasteiger partial charge is 0.410 e. The third-order valence-electron chi connectivity index (χ3n) is 5.93. The molecule has 2 saturated heterocycles. The summed E-state index contributed by atoms with van der Waals surface area (Å²) in [6.07, 6.45) is 8.89. The molecule has 30 heavy (non-hydrogen) atoms. The zero-order valence-electron chi connectivity index (χ0n) is 18.8. The van der Waals surface area contributed by atoms with Crippen LogP contribution in [0.1, 0.15) is 47.0 Å². The molecule has 168 valence electrons. The van der Waals surface area contributed by atoms with Crippen LogP contribution in [0.2, 0.25) is 0 Å². The predicted octanol–water partition coefficient (Wildman–Crippen LogP) is 4.31. The summed E-state index contributed by atoms with van der Waals surface area (Å²) in [5.74, 6) is 0.632. The van der Waals surface area contributed by atoms with Crippen molar-refractivity contribution in [1.29, 1.82) is 0 Å². The number of morpholine rings is 1. The van der Waals surface area contributed by atoms with Crippen molar-refractivity contribution in [1.82, 2.24) is 4.90 Å². The van der Waals surface area contributed by atoms with Crippen molar-refractivity contribution < 1.29 is 23.8 Å². The third kappa shape index (κ3) is 7.73. The van der Waals surface area contributed by atoms with Crippen LogP contribution in [0.3, 0.4) is 0 Å². The number of carbonyl (C=O) groups is 2. The van der Waals surface area contributed by atoms with Crippen LogP contribution in [0.4, 0.5) is 4.79 Å². The van der Waals surface area contributed by atoms with E-state index in [0.717, 1.165) is 18.4 Å². The first-order valence-corrected chi connectivity index (χ1v) is 11.0. The molecule has 6 nitrogen and oxygen atoms in total. The van der Waals surface area contributed by atoms with Gasteiger partial charge in [0.1, 0.15) is 6.10 Å². The molecule has 1 amide bonds. The van der Waals surface area contributed by atoms with E-state index in [1.165, 1.54) is 6.08 Å². The SMILES string of the molecule is C=C/C(C)=C/C[C@@H]1O[C@H](C)[C@H](CC(=O)/C=C\[C@H](C)OC(=O)N2CCOCC2)C[C@@H]1C. The van der Waals surface area contributed by atoms with Crippen molar-refractivity contribution in [2.24, 2.45) is 11.8 Å². The zero-order chi connectivity index (χ0) is 22.1. The molecule has 0 unspecified atom stereocenters. The number of rotatable bonds is 8. The Hall–Kier alpha value is -1.92. The van der Waals surface area contributed by atoms with Gasteiger partial charge in [-0.2, -0.15) is 0 Å². The highest BCUT2D eigenvalue weighted by molar-refractivity contribution is 5.89. The number of carbonyl (C=O) groups excluding carboxylic acids is 2. The van der Waals surface area contributed by atoms with E-state index in [1.807, 2.05) is 13.0 Å². The van der Waals surface area contributed by atoms with E-state index in [4.69, 9.17) is 14.2 Å². The number of allylic oxidation sites excluding steroid dienone is 3. The van der Waals surface area contributed by atoms with E-state index in [2.05, 4.69) is 26.5 Å². The second-order valence-electron chi connectivity index (χ2n) is 8.46. The average molecular weight is 420 g/mol. The normalized spacial score (nSPS) is 28.9. The van der Waals surface area contributed by atoms with Gasteiger partial charge >= 0.3 is 6.09 Å². The fourth-order valence-corrected chi connectivity index (χ4v) is 3.85. The highest BCUT2D eigenvalue weighted by atomic mass is 16.6. The van der Waals surface area contributed by atoms with Gasteiger partial charge in [0.2, 0.25) is 0 Å². The Morgan fingerprint density at radius 2 is 1.97 bits per heavy atom. The van der Waals surface area contributed by atoms with Crippen LogP contribution >= 0.6 is 0 Å². The number of ketones is 1. The summed E-state index contributed by atoms with van der Waals surface area (Å²) in [5.41, 5.74) is 1.16. The molecule has 0 aliphatic carbocycles. The first kappa shape index (κ1) is 24.4. The van der Waals surface area contributed by atoms with Gasteiger partial charge in [-0.25, -0.2) is 4.79 Å². The molecule has 0 saturated carbocycles. The van der Waals surface area contributed by atoms with Crippen molar-refractivity contribution >= 4 is 11.9 Å². The molecular formula is C24H37NO5. The quantitative estimate of drug-likeness (QED) is 0.433. The molecule has 2 fully saturated rings. The molecule has 0 aromatic rings. The lowest BCUT2D eigenvalue weighted by molar-refractivity contribution is -0.125. The van der Waals surface area contributed by atoms with Crippen molar-refractivity contribution in [3.05, 3.63) is 36.5 Å². The van der Waals surface area contributed by atoms with Crippen LogP contribution in [-0.2, 0) is 19.0 Å². The number of amides is 1. The third-order valence-corrected chi connectivity index (χ3v) is 5.93. The summed E-state index contributed by atoms with van der Waals surface area (Å²) in [6.45, 7) is 14.0. The second-order valence-corrected chi connectivity index (χ2v) is 8.46. The highest BCUT2D eigenvalue weighted by Gasteiger charge is 2.33. The van der Waals surface area contributed by atoms with Gasteiger partial charge in [-0.15, -0.1) is 0 Å². The lowest BCUT2D eigenvalue weighted by Gasteiger charge is -2.38. The Morgan fingerprint density at radius 1 is 1.27 bits per heavy atom. The van der Waals surface area contributed by atoms with Crippen molar-refractivity contribution in [2.75, 3.05) is 26.3 Å².